The van der Waals surface area contributed by atoms with E-state index in [-0.39, 0.29) is 0 Å². The molecule has 1 rings (SSSR count). The number of aromatic amines is 1. The molecule has 0 aliphatic heterocycles. The predicted molar refractivity (Wildman–Crippen MR) is 70.4 cm³/mol. The lowest BCUT2D eigenvalue weighted by atomic mass is 10.2. The van der Waals surface area contributed by atoms with Gasteiger partial charge in [-0.3, -0.25) is 5.10 Å². The molecule has 0 unspecified atom stereocenters. The third-order valence-electron chi connectivity index (χ3n) is 2.48. The number of unbranched alkanes of at least 4 members (excludes halogenated alkanes) is 2. The number of hydrogen-bond acceptors (Lipinski definition) is 3. The molecule has 1 heterocycles. The number of H-pyrrole nitrogens is 1. The Hall–Kier alpha value is -1.03. The van der Waals surface area contributed by atoms with Crippen molar-refractivity contribution in [1.29, 1.82) is 0 Å². The van der Waals surface area contributed by atoms with Gasteiger partial charge in [0, 0.05) is 11.8 Å². The van der Waals surface area contributed by atoms with Crippen LogP contribution in [0.4, 0.5) is 0 Å². The second-order valence-corrected chi connectivity index (χ2v) is 4.90. The molecule has 2 N–H and O–H groups in total. The van der Waals surface area contributed by atoms with Gasteiger partial charge in [-0.05, 0) is 45.2 Å². The van der Waals surface area contributed by atoms with Gasteiger partial charge in [-0.1, -0.05) is 13.8 Å². The van der Waals surface area contributed by atoms with Crippen molar-refractivity contribution in [3.63, 3.8) is 0 Å². The van der Waals surface area contributed by atoms with E-state index < -0.39 is 0 Å². The third-order valence-corrected chi connectivity index (χ3v) is 2.48. The van der Waals surface area contributed by atoms with Gasteiger partial charge in [0.1, 0.15) is 0 Å². The van der Waals surface area contributed by atoms with Crippen LogP contribution < -0.4 is 10.1 Å². The highest BCUT2D eigenvalue weighted by Crippen LogP contribution is 2.07. The quantitative estimate of drug-likeness (QED) is 0.651. The summed E-state index contributed by atoms with van der Waals surface area (Å²) in [5.41, 5.74) is 1.04. The molecule has 0 spiro atoms. The monoisotopic (exact) mass is 239 g/mol. The minimum atomic E-state index is 0.709. The molecule has 17 heavy (non-hydrogen) atoms. The fourth-order valence-corrected chi connectivity index (χ4v) is 1.56. The molecular weight excluding hydrogens is 214 g/mol. The molecule has 0 saturated carbocycles. The van der Waals surface area contributed by atoms with Gasteiger partial charge >= 0.3 is 0 Å². The molecule has 1 aromatic heterocycles. The summed E-state index contributed by atoms with van der Waals surface area (Å²) in [5, 5.41) is 10.3. The van der Waals surface area contributed by atoms with Crippen LogP contribution in [0, 0.1) is 12.8 Å². The molecule has 4 nitrogen and oxygen atoms in total. The Morgan fingerprint density at radius 3 is 2.82 bits per heavy atom. The second-order valence-electron chi connectivity index (χ2n) is 4.90. The number of aryl methyl sites for hydroxylation is 1. The van der Waals surface area contributed by atoms with E-state index in [2.05, 4.69) is 29.4 Å². The maximum atomic E-state index is 5.51. The highest BCUT2D eigenvalue weighted by atomic mass is 16.5. The zero-order valence-corrected chi connectivity index (χ0v) is 11.3. The largest absolute Gasteiger partial charge is 0.477 e. The lowest BCUT2D eigenvalue weighted by Crippen LogP contribution is -2.20. The van der Waals surface area contributed by atoms with E-state index in [0.717, 1.165) is 37.7 Å². The minimum absolute atomic E-state index is 0.709. The fourth-order valence-electron chi connectivity index (χ4n) is 1.56. The first kappa shape index (κ1) is 14.0. The van der Waals surface area contributed by atoms with E-state index in [1.54, 1.807) is 0 Å². The first-order valence-corrected chi connectivity index (χ1v) is 6.54. The highest BCUT2D eigenvalue weighted by Gasteiger charge is 1.98. The Kier molecular flexibility index (Phi) is 6.70. The summed E-state index contributed by atoms with van der Waals surface area (Å²) in [4.78, 5) is 0. The first-order chi connectivity index (χ1) is 8.18. The van der Waals surface area contributed by atoms with Crippen LogP contribution in [0.2, 0.25) is 0 Å². The molecule has 0 bridgehead atoms. The van der Waals surface area contributed by atoms with Crippen molar-refractivity contribution in [1.82, 2.24) is 15.5 Å². The van der Waals surface area contributed by atoms with E-state index in [9.17, 15) is 0 Å². The van der Waals surface area contributed by atoms with Gasteiger partial charge in [0.15, 0.2) is 0 Å². The van der Waals surface area contributed by atoms with Crippen LogP contribution in [-0.4, -0.2) is 29.9 Å². The number of hydrogen-bond donors (Lipinski definition) is 2. The van der Waals surface area contributed by atoms with Gasteiger partial charge in [0.05, 0.1) is 6.61 Å². The van der Waals surface area contributed by atoms with E-state index in [4.69, 9.17) is 4.74 Å². The molecule has 98 valence electrons. The molecule has 1 aromatic rings. The first-order valence-electron chi connectivity index (χ1n) is 6.54. The molecule has 0 saturated heterocycles. The van der Waals surface area contributed by atoms with Crippen molar-refractivity contribution < 1.29 is 4.74 Å². The van der Waals surface area contributed by atoms with Crippen LogP contribution in [0.1, 0.15) is 38.8 Å². The van der Waals surface area contributed by atoms with Gasteiger partial charge < -0.3 is 10.1 Å². The zero-order valence-electron chi connectivity index (χ0n) is 11.3. The average molecular weight is 239 g/mol. The van der Waals surface area contributed by atoms with Gasteiger partial charge in [-0.15, -0.1) is 5.10 Å². The van der Waals surface area contributed by atoms with Crippen LogP contribution in [0.3, 0.4) is 0 Å². The molecule has 0 amide bonds. The Morgan fingerprint density at radius 1 is 1.35 bits per heavy atom. The van der Waals surface area contributed by atoms with Gasteiger partial charge in [0.2, 0.25) is 5.88 Å². The minimum Gasteiger partial charge on any atom is -0.477 e. The Labute approximate surface area is 104 Å². The van der Waals surface area contributed by atoms with Gasteiger partial charge in [-0.2, -0.15) is 0 Å². The Morgan fingerprint density at radius 2 is 2.18 bits per heavy atom. The van der Waals surface area contributed by atoms with Crippen molar-refractivity contribution in [2.75, 3.05) is 19.7 Å². The summed E-state index contributed by atoms with van der Waals surface area (Å²) in [5.74, 6) is 1.45. The van der Waals surface area contributed by atoms with Crippen molar-refractivity contribution in [3.05, 3.63) is 11.8 Å². The summed E-state index contributed by atoms with van der Waals surface area (Å²) in [6.07, 6.45) is 3.51. The predicted octanol–water partition coefficient (Wildman–Crippen LogP) is 2.51. The van der Waals surface area contributed by atoms with E-state index in [0.29, 0.717) is 5.88 Å². The molecule has 0 fully saturated rings. The number of rotatable bonds is 9. The van der Waals surface area contributed by atoms with Crippen molar-refractivity contribution in [2.45, 2.75) is 40.0 Å². The van der Waals surface area contributed by atoms with Crippen molar-refractivity contribution >= 4 is 0 Å². The molecule has 0 aliphatic rings. The lowest BCUT2D eigenvalue weighted by Gasteiger charge is -2.07. The summed E-state index contributed by atoms with van der Waals surface area (Å²) in [6, 6.07) is 1.92. The van der Waals surface area contributed by atoms with Crippen LogP contribution in [0.5, 0.6) is 5.88 Å². The normalized spacial score (nSPS) is 11.1. The Bertz CT molecular complexity index is 297. The number of aromatic nitrogens is 2. The van der Waals surface area contributed by atoms with E-state index in [1.165, 1.54) is 12.8 Å². The van der Waals surface area contributed by atoms with Crippen LogP contribution >= 0.6 is 0 Å². The molecule has 0 atom stereocenters. The topological polar surface area (TPSA) is 49.9 Å². The van der Waals surface area contributed by atoms with Gasteiger partial charge in [0.25, 0.3) is 0 Å². The maximum Gasteiger partial charge on any atom is 0.232 e. The van der Waals surface area contributed by atoms with Crippen LogP contribution in [-0.2, 0) is 0 Å². The van der Waals surface area contributed by atoms with Crippen molar-refractivity contribution in [2.24, 2.45) is 5.92 Å². The molecule has 0 aromatic carbocycles. The molecule has 0 radical (unpaired) electrons. The average Bonchev–Trinajstić information content (AvgIpc) is 2.68. The Balaban J connectivity index is 1.88. The van der Waals surface area contributed by atoms with E-state index in [1.807, 2.05) is 13.0 Å². The number of nitrogens with zero attached hydrogens (tertiary/aromatic N) is 1. The summed E-state index contributed by atoms with van der Waals surface area (Å²) >= 11 is 0. The lowest BCUT2D eigenvalue weighted by molar-refractivity contribution is 0.293. The third kappa shape index (κ3) is 7.00. The number of nitrogens with one attached hydrogen (secondary N) is 2. The fraction of sp³-hybridized carbons (Fsp3) is 0.769. The standard InChI is InChI=1S/C13H25N3O/c1-11(2)10-14-7-5-4-6-8-17-13-9-12(3)15-16-13/h9,11,14H,4-8,10H2,1-3H3,(H,15,16). The molecule has 0 aliphatic carbocycles. The SMILES string of the molecule is Cc1cc(OCCCCCNCC(C)C)n[nH]1. The van der Waals surface area contributed by atoms with Crippen molar-refractivity contribution in [3.8, 4) is 5.88 Å². The zero-order chi connectivity index (χ0) is 12.5. The summed E-state index contributed by atoms with van der Waals surface area (Å²) in [6.45, 7) is 9.41. The molecule has 4 heteroatoms. The van der Waals surface area contributed by atoms with E-state index >= 15 is 0 Å². The number of ether oxygens (including phenoxy) is 1. The summed E-state index contributed by atoms with van der Waals surface area (Å²) < 4.78 is 5.51. The molecular formula is C13H25N3O. The van der Waals surface area contributed by atoms with Gasteiger partial charge in [-0.25, -0.2) is 0 Å². The second kappa shape index (κ2) is 8.12. The summed E-state index contributed by atoms with van der Waals surface area (Å²) in [7, 11) is 0. The highest BCUT2D eigenvalue weighted by molar-refractivity contribution is 5.11. The van der Waals surface area contributed by atoms with Crippen LogP contribution in [0.15, 0.2) is 6.07 Å². The maximum absolute atomic E-state index is 5.51. The van der Waals surface area contributed by atoms with Crippen LogP contribution in [0.25, 0.3) is 0 Å². The smallest absolute Gasteiger partial charge is 0.232 e.